The van der Waals surface area contributed by atoms with E-state index in [1.807, 2.05) is 18.3 Å². The molecule has 122 valence electrons. The van der Waals surface area contributed by atoms with Crippen LogP contribution in [0.25, 0.3) is 11.6 Å². The molecule has 0 radical (unpaired) electrons. The van der Waals surface area contributed by atoms with Gasteiger partial charge in [-0.1, -0.05) is 6.07 Å². The lowest BCUT2D eigenvalue weighted by Gasteiger charge is -2.19. The minimum absolute atomic E-state index is 0.728. The Morgan fingerprint density at radius 1 is 1.25 bits per heavy atom. The molecule has 0 spiro atoms. The number of fused-ring (bicyclic) bond motifs is 1. The van der Waals surface area contributed by atoms with E-state index < -0.39 is 11.9 Å². The zero-order valence-electron chi connectivity index (χ0n) is 12.7. The predicted octanol–water partition coefficient (Wildman–Crippen LogP) is 2.31. The van der Waals surface area contributed by atoms with Crippen molar-refractivity contribution in [2.45, 2.75) is 19.3 Å². The van der Waals surface area contributed by atoms with Crippen LogP contribution >= 0.6 is 0 Å². The lowest BCUT2D eigenvalue weighted by molar-refractivity contribution is -0.159. The van der Waals surface area contributed by atoms with Crippen LogP contribution in [0, 0.1) is 11.3 Å². The van der Waals surface area contributed by atoms with Gasteiger partial charge in [0.1, 0.15) is 0 Å². The average molecular weight is 325 g/mol. The molecule has 7 nitrogen and oxygen atoms in total. The number of imidazole rings is 1. The number of hydrogen-bond acceptors (Lipinski definition) is 4. The second kappa shape index (κ2) is 7.74. The monoisotopic (exact) mass is 325 g/mol. The van der Waals surface area contributed by atoms with Gasteiger partial charge in [0.05, 0.1) is 29.9 Å². The van der Waals surface area contributed by atoms with Crippen LogP contribution in [0.4, 0.5) is 0 Å². The van der Waals surface area contributed by atoms with Crippen LogP contribution in [0.15, 0.2) is 30.7 Å². The van der Waals surface area contributed by atoms with E-state index in [9.17, 15) is 0 Å². The molecule has 0 unspecified atom stereocenters. The average Bonchev–Trinajstić information content (AvgIpc) is 3.08. The normalized spacial score (nSPS) is 14.0. The number of aliphatic carboxylic acids is 2. The first-order valence-electron chi connectivity index (χ1n) is 7.20. The summed E-state index contributed by atoms with van der Waals surface area (Å²) in [5.74, 6) is -3.65. The van der Waals surface area contributed by atoms with Crippen molar-refractivity contribution in [1.29, 1.82) is 5.26 Å². The van der Waals surface area contributed by atoms with Gasteiger partial charge in [-0.3, -0.25) is 0 Å². The van der Waals surface area contributed by atoms with Gasteiger partial charge in [-0.15, -0.1) is 0 Å². The summed E-state index contributed by atoms with van der Waals surface area (Å²) in [6.45, 7) is 0. The number of rotatable bonds is 1. The van der Waals surface area contributed by atoms with Crippen molar-refractivity contribution in [2.24, 2.45) is 0 Å². The Morgan fingerprint density at radius 3 is 2.58 bits per heavy atom. The highest BCUT2D eigenvalue weighted by molar-refractivity contribution is 6.27. The van der Waals surface area contributed by atoms with Gasteiger partial charge in [-0.25, -0.2) is 14.6 Å². The Bertz CT molecular complexity index is 805. The summed E-state index contributed by atoms with van der Waals surface area (Å²) in [5.41, 5.74) is 5.59. The molecule has 1 aliphatic rings. The summed E-state index contributed by atoms with van der Waals surface area (Å²) in [6, 6.07) is 8.18. The highest BCUT2D eigenvalue weighted by Crippen LogP contribution is 2.32. The summed E-state index contributed by atoms with van der Waals surface area (Å²) in [5, 5.41) is 23.8. The molecule has 0 saturated carbocycles. The molecule has 1 aromatic heterocycles. The maximum absolute atomic E-state index is 9.10. The zero-order chi connectivity index (χ0) is 17.5. The number of aryl methyl sites for hydroxylation is 1. The van der Waals surface area contributed by atoms with E-state index in [-0.39, 0.29) is 0 Å². The van der Waals surface area contributed by atoms with Crippen LogP contribution in [-0.4, -0.2) is 32.1 Å². The van der Waals surface area contributed by atoms with Crippen LogP contribution in [-0.2, 0) is 16.0 Å². The van der Waals surface area contributed by atoms with E-state index in [2.05, 4.69) is 28.2 Å². The first-order chi connectivity index (χ1) is 11.5. The minimum Gasteiger partial charge on any atom is -0.473 e. The zero-order valence-corrected chi connectivity index (χ0v) is 12.7. The summed E-state index contributed by atoms with van der Waals surface area (Å²) < 4.78 is 0. The lowest BCUT2D eigenvalue weighted by atomic mass is 9.86. The number of H-pyrrole nitrogens is 1. The van der Waals surface area contributed by atoms with Gasteiger partial charge in [-0.2, -0.15) is 5.26 Å². The second-order valence-electron chi connectivity index (χ2n) is 5.12. The molecule has 1 heterocycles. The Balaban J connectivity index is 0.000000301. The summed E-state index contributed by atoms with van der Waals surface area (Å²) in [7, 11) is 0. The molecule has 2 aromatic rings. The van der Waals surface area contributed by atoms with Crippen molar-refractivity contribution >= 4 is 23.6 Å². The number of aromatic amines is 1. The van der Waals surface area contributed by atoms with E-state index in [1.165, 1.54) is 23.1 Å². The number of carboxylic acids is 2. The largest absolute Gasteiger partial charge is 0.473 e. The summed E-state index contributed by atoms with van der Waals surface area (Å²) >= 11 is 0. The van der Waals surface area contributed by atoms with E-state index in [0.717, 1.165) is 24.1 Å². The quantitative estimate of drug-likeness (QED) is 0.690. The fourth-order valence-electron chi connectivity index (χ4n) is 2.45. The molecular formula is C17H15N3O4. The molecule has 0 saturated heterocycles. The summed E-state index contributed by atoms with van der Waals surface area (Å²) in [6.07, 6.45) is 8.95. The molecule has 7 heteroatoms. The van der Waals surface area contributed by atoms with Crippen LogP contribution < -0.4 is 0 Å². The number of nitrogens with one attached hydrogen (secondary N) is 1. The third kappa shape index (κ3) is 4.30. The molecule has 0 aliphatic heterocycles. The van der Waals surface area contributed by atoms with E-state index in [0.29, 0.717) is 0 Å². The van der Waals surface area contributed by atoms with Gasteiger partial charge in [0.2, 0.25) is 0 Å². The lowest BCUT2D eigenvalue weighted by Crippen LogP contribution is -2.09. The van der Waals surface area contributed by atoms with E-state index in [4.69, 9.17) is 25.1 Å². The maximum atomic E-state index is 9.10. The van der Waals surface area contributed by atoms with Crippen molar-refractivity contribution in [3.63, 3.8) is 0 Å². The molecule has 0 fully saturated rings. The van der Waals surface area contributed by atoms with Crippen LogP contribution in [0.1, 0.15) is 35.2 Å². The maximum Gasteiger partial charge on any atom is 0.414 e. The SMILES string of the molecule is N#Cc1ccc2c(c1)C(=Cc1cnc[nH]1)CCC2.O=C(O)C(=O)O. The van der Waals surface area contributed by atoms with Crippen molar-refractivity contribution < 1.29 is 19.8 Å². The Hall–Kier alpha value is -3.40. The standard InChI is InChI=1S/C15H13N3.C2H2O4/c16-8-11-4-5-12-2-1-3-13(15(12)6-11)7-14-9-17-10-18-14;3-1(4)2(5)6/h4-7,9-10H,1-3H2,(H,17,18);(H,3,4)(H,5,6). The first kappa shape index (κ1) is 17.0. The first-order valence-corrected chi connectivity index (χ1v) is 7.20. The predicted molar refractivity (Wildman–Crippen MR) is 85.8 cm³/mol. The second-order valence-corrected chi connectivity index (χ2v) is 5.12. The molecule has 3 rings (SSSR count). The number of carbonyl (C=O) groups is 2. The number of hydrogen-bond donors (Lipinski definition) is 3. The number of aromatic nitrogens is 2. The van der Waals surface area contributed by atoms with Crippen LogP contribution in [0.2, 0.25) is 0 Å². The molecule has 0 amide bonds. The van der Waals surface area contributed by atoms with Gasteiger partial charge in [0, 0.05) is 0 Å². The number of allylic oxidation sites excluding steroid dienone is 1. The molecule has 1 aliphatic carbocycles. The topological polar surface area (TPSA) is 127 Å². The van der Waals surface area contributed by atoms with Crippen molar-refractivity contribution in [3.05, 3.63) is 53.1 Å². The highest BCUT2D eigenvalue weighted by atomic mass is 16.4. The van der Waals surface area contributed by atoms with Gasteiger partial charge >= 0.3 is 11.9 Å². The highest BCUT2D eigenvalue weighted by Gasteiger charge is 2.14. The minimum atomic E-state index is -1.82. The van der Waals surface area contributed by atoms with Gasteiger partial charge in [-0.05, 0) is 54.2 Å². The van der Waals surface area contributed by atoms with Crippen molar-refractivity contribution in [2.75, 3.05) is 0 Å². The van der Waals surface area contributed by atoms with Crippen molar-refractivity contribution in [3.8, 4) is 6.07 Å². The van der Waals surface area contributed by atoms with E-state index in [1.54, 1.807) is 6.33 Å². The van der Waals surface area contributed by atoms with Gasteiger partial charge < -0.3 is 15.2 Å². The van der Waals surface area contributed by atoms with Crippen molar-refractivity contribution in [1.82, 2.24) is 9.97 Å². The van der Waals surface area contributed by atoms with E-state index >= 15 is 0 Å². The third-order valence-corrected chi connectivity index (χ3v) is 3.51. The smallest absolute Gasteiger partial charge is 0.414 e. The molecule has 3 N–H and O–H groups in total. The molecule has 0 bridgehead atoms. The molecular weight excluding hydrogens is 310 g/mol. The van der Waals surface area contributed by atoms with Crippen LogP contribution in [0.5, 0.6) is 0 Å². The fraction of sp³-hybridized carbons (Fsp3) is 0.176. The number of nitrogens with zero attached hydrogens (tertiary/aromatic N) is 2. The Morgan fingerprint density at radius 2 is 2.00 bits per heavy atom. The van der Waals surface area contributed by atoms with Gasteiger partial charge in [0.25, 0.3) is 0 Å². The molecule has 0 atom stereocenters. The van der Waals surface area contributed by atoms with Crippen LogP contribution in [0.3, 0.4) is 0 Å². The Labute approximate surface area is 137 Å². The molecule has 24 heavy (non-hydrogen) atoms. The summed E-state index contributed by atoms with van der Waals surface area (Å²) in [4.78, 5) is 25.3. The number of nitriles is 1. The number of benzene rings is 1. The number of carboxylic acid groups (broad SMARTS) is 2. The third-order valence-electron chi connectivity index (χ3n) is 3.51. The molecule has 1 aromatic carbocycles. The van der Waals surface area contributed by atoms with Gasteiger partial charge in [0.15, 0.2) is 0 Å². The Kier molecular flexibility index (Phi) is 5.47. The fourth-order valence-corrected chi connectivity index (χ4v) is 2.45.